The van der Waals surface area contributed by atoms with Crippen LogP contribution >= 0.6 is 0 Å². The van der Waals surface area contributed by atoms with Crippen LogP contribution in [0.4, 0.5) is 33.3 Å². The standard InChI is InChI=1S/C22H23F2N3O2.C22H25N3O3.C20H25F3N2O4.C19H17N3O2/c1-22(23,24)18-8-4-16(5-9-18)14-27(3)21(28)17-6-10-19(11-7-17)29-15-20-25-12-13-26(20)2;26-21(20-11-15-25(22(20)27)18-7-2-1-3-8-18)24-13-9-19(10-14-24)28-16-17-6-4-5-12-23-17;21-20(22,23)15-5-4-6-16(13-15)24-9-11-25(12-10-24)17(26)14-29-18(27)19(28)7-2-1-3-8-19;23-18(22-11-10-14-6-4-5-9-16(14)13-22)12-17-20-21-19(24-17)15-7-2-1-3-8-15/h4-13H,14-15H2,1-3H3;1-8,12,19-20H,9-11,13-16H2;4-6,13,28H,1-3,7-12,14H2;1-9H,10-13H2/t;20-;;/m.1../s1. The fraction of sp³-hybridized carbons (Fsp3) is 0.373. The zero-order valence-corrected chi connectivity index (χ0v) is 61.7. The molecule has 5 aliphatic rings. The summed E-state index contributed by atoms with van der Waals surface area (Å²) in [5.41, 5.74) is 4.69. The van der Waals surface area contributed by atoms with Crippen LogP contribution in [0.1, 0.15) is 114 Å². The number of hydrogen-bond donors (Lipinski definition) is 1. The number of pyridine rings is 1. The summed E-state index contributed by atoms with van der Waals surface area (Å²) in [6.45, 7) is 6.23. The van der Waals surface area contributed by atoms with Gasteiger partial charge in [-0.2, -0.15) is 13.2 Å². The van der Waals surface area contributed by atoms with Gasteiger partial charge in [-0.05, 0) is 147 Å². The lowest BCUT2D eigenvalue weighted by molar-refractivity contribution is -0.172. The second-order valence-corrected chi connectivity index (χ2v) is 27.8. The Morgan fingerprint density at radius 2 is 1.32 bits per heavy atom. The first kappa shape index (κ1) is 79.8. The Balaban J connectivity index is 0.000000146. The zero-order chi connectivity index (χ0) is 77.8. The van der Waals surface area contributed by atoms with E-state index in [1.54, 1.807) is 76.6 Å². The van der Waals surface area contributed by atoms with Crippen LogP contribution in [0.2, 0.25) is 0 Å². The third-order valence-corrected chi connectivity index (χ3v) is 20.0. The van der Waals surface area contributed by atoms with E-state index in [9.17, 15) is 55.8 Å². The van der Waals surface area contributed by atoms with Crippen LogP contribution in [-0.2, 0) is 91.7 Å². The van der Waals surface area contributed by atoms with Crippen molar-refractivity contribution in [2.75, 3.05) is 75.8 Å². The number of amides is 5. The number of esters is 1. The highest BCUT2D eigenvalue weighted by atomic mass is 19.4. The number of para-hydroxylation sites is 1. The minimum absolute atomic E-state index is 0.0211. The van der Waals surface area contributed by atoms with E-state index < -0.39 is 41.8 Å². The van der Waals surface area contributed by atoms with Crippen LogP contribution < -0.4 is 14.5 Å². The van der Waals surface area contributed by atoms with Crippen LogP contribution in [0.5, 0.6) is 5.75 Å². The van der Waals surface area contributed by atoms with Gasteiger partial charge in [0.1, 0.15) is 30.5 Å². The van der Waals surface area contributed by atoms with Gasteiger partial charge in [0.25, 0.3) is 17.7 Å². The number of rotatable bonds is 19. The van der Waals surface area contributed by atoms with Gasteiger partial charge in [0, 0.05) is 133 Å². The largest absolute Gasteiger partial charge is 0.486 e. The molecular formula is C83H90F5N11O11. The highest BCUT2D eigenvalue weighted by molar-refractivity contribution is 6.09. The molecule has 4 fully saturated rings. The second-order valence-electron chi connectivity index (χ2n) is 27.8. The maximum atomic E-state index is 13.3. The third-order valence-electron chi connectivity index (χ3n) is 20.0. The smallest absolute Gasteiger partial charge is 0.416 e. The predicted octanol–water partition coefficient (Wildman–Crippen LogP) is 12.5. The van der Waals surface area contributed by atoms with Crippen molar-refractivity contribution in [2.45, 2.75) is 121 Å². The minimum atomic E-state index is -4.40. The van der Waals surface area contributed by atoms with E-state index in [0.717, 1.165) is 92.5 Å². The first-order chi connectivity index (χ1) is 52.9. The Morgan fingerprint density at radius 1 is 0.645 bits per heavy atom. The summed E-state index contributed by atoms with van der Waals surface area (Å²) in [6.07, 6.45) is 7.39. The van der Waals surface area contributed by atoms with E-state index in [1.807, 2.05) is 119 Å². The van der Waals surface area contributed by atoms with Crippen molar-refractivity contribution >= 4 is 46.9 Å². The highest BCUT2D eigenvalue weighted by Crippen LogP contribution is 2.34. The number of fused-ring (bicyclic) bond motifs is 1. The summed E-state index contributed by atoms with van der Waals surface area (Å²) in [6, 6.07) is 51.2. The molecule has 14 rings (SSSR count). The van der Waals surface area contributed by atoms with Crippen molar-refractivity contribution < 1.29 is 74.5 Å². The van der Waals surface area contributed by atoms with Crippen molar-refractivity contribution in [1.82, 2.24) is 44.3 Å². The van der Waals surface area contributed by atoms with Gasteiger partial charge in [-0.15, -0.1) is 10.2 Å². The number of piperidine rings is 1. The number of piperazine rings is 1. The van der Waals surface area contributed by atoms with E-state index in [2.05, 4.69) is 32.3 Å². The van der Waals surface area contributed by atoms with E-state index >= 15 is 0 Å². The van der Waals surface area contributed by atoms with Crippen LogP contribution in [0, 0.1) is 5.92 Å². The molecule has 578 valence electrons. The molecule has 4 aliphatic heterocycles. The summed E-state index contributed by atoms with van der Waals surface area (Å²) >= 11 is 0. The fourth-order valence-corrected chi connectivity index (χ4v) is 13.5. The number of likely N-dealkylation sites (tertiary alicyclic amines) is 1. The monoisotopic (exact) mass is 1510 g/mol. The van der Waals surface area contributed by atoms with Crippen LogP contribution in [0.15, 0.2) is 199 Å². The molecule has 22 nitrogen and oxygen atoms in total. The Hall–Kier alpha value is -11.2. The van der Waals surface area contributed by atoms with Crippen molar-refractivity contribution in [3.8, 4) is 17.2 Å². The molecule has 27 heteroatoms. The summed E-state index contributed by atoms with van der Waals surface area (Å²) in [5, 5.41) is 18.4. The van der Waals surface area contributed by atoms with Gasteiger partial charge >= 0.3 is 12.1 Å². The number of aryl methyl sites for hydroxylation is 1. The lowest BCUT2D eigenvalue weighted by Gasteiger charge is -2.36. The number of ether oxygens (including phenoxy) is 3. The minimum Gasteiger partial charge on any atom is -0.486 e. The normalized spacial score (nSPS) is 16.4. The molecule has 1 aliphatic carbocycles. The molecule has 5 amide bonds. The molecule has 0 unspecified atom stereocenters. The zero-order valence-electron chi connectivity index (χ0n) is 61.7. The number of imidazole rings is 1. The number of alkyl halides is 5. The molecule has 1 saturated carbocycles. The Labute approximate surface area is 635 Å². The van der Waals surface area contributed by atoms with Gasteiger partial charge in [0.2, 0.25) is 29.5 Å². The molecule has 1 N–H and O–H groups in total. The first-order valence-electron chi connectivity index (χ1n) is 36.8. The van der Waals surface area contributed by atoms with E-state index in [-0.39, 0.29) is 47.6 Å². The molecule has 0 radical (unpaired) electrons. The van der Waals surface area contributed by atoms with Gasteiger partial charge in [-0.3, -0.25) is 29.0 Å². The van der Waals surface area contributed by atoms with Crippen molar-refractivity contribution in [3.05, 3.63) is 245 Å². The summed E-state index contributed by atoms with van der Waals surface area (Å²) in [7, 11) is 3.57. The summed E-state index contributed by atoms with van der Waals surface area (Å²) < 4.78 is 89.5. The summed E-state index contributed by atoms with van der Waals surface area (Å²) in [4.78, 5) is 94.0. The number of carbonyl (C=O) groups excluding carboxylic acids is 6. The number of aliphatic hydroxyl groups is 1. The number of hydrogen-bond acceptors (Lipinski definition) is 16. The average Bonchev–Trinajstić information content (AvgIpc) is 1.75. The van der Waals surface area contributed by atoms with Gasteiger partial charge < -0.3 is 57.7 Å². The maximum absolute atomic E-state index is 13.3. The number of carbonyl (C=O) groups is 6. The number of anilines is 2. The molecule has 9 aromatic rings. The molecule has 6 aromatic carbocycles. The van der Waals surface area contributed by atoms with Crippen molar-refractivity contribution in [1.29, 1.82) is 0 Å². The first-order valence-corrected chi connectivity index (χ1v) is 36.8. The average molecular weight is 1510 g/mol. The second kappa shape index (κ2) is 37.3. The fourth-order valence-electron chi connectivity index (χ4n) is 13.5. The van der Waals surface area contributed by atoms with Gasteiger partial charge in [0.15, 0.2) is 12.2 Å². The highest BCUT2D eigenvalue weighted by Gasteiger charge is 2.42. The van der Waals surface area contributed by atoms with E-state index in [4.69, 9.17) is 18.6 Å². The lowest BCUT2D eigenvalue weighted by Crippen LogP contribution is -2.50. The SMILES string of the molecule is CN(Cc1ccc(C(C)(F)F)cc1)C(=O)c1ccc(OCc2nccn2C)cc1.O=C(COC(=O)C1(O)CCCCC1)N1CCN(c2cccc(C(F)(F)F)c2)CC1.O=C(Cc1nnc(-c2ccccc2)o1)N1CCc2ccccc2C1.O=C([C@H]1CCN(c2ccccc2)C1=O)N1CCC(OCc2ccccn2)CC1. The number of aromatic nitrogens is 5. The molecule has 3 saturated heterocycles. The number of halogens is 5. The molecule has 0 spiro atoms. The van der Waals surface area contributed by atoms with E-state index in [0.29, 0.717) is 120 Å². The molecule has 0 bridgehead atoms. The van der Waals surface area contributed by atoms with Crippen molar-refractivity contribution in [3.63, 3.8) is 0 Å². The molecular weight excluding hydrogens is 1420 g/mol. The topological polar surface area (TPSA) is 239 Å². The Morgan fingerprint density at radius 3 is 1.98 bits per heavy atom. The van der Waals surface area contributed by atoms with Crippen molar-refractivity contribution in [2.24, 2.45) is 13.0 Å². The van der Waals surface area contributed by atoms with Crippen LogP contribution in [0.3, 0.4) is 0 Å². The quantitative estimate of drug-likeness (QED) is 0.0450. The Bertz CT molecular complexity index is 4510. The van der Waals surface area contributed by atoms with Crippen LogP contribution in [-0.4, -0.2) is 163 Å². The van der Waals surface area contributed by atoms with Gasteiger partial charge in [0.05, 0.1) is 24.0 Å². The molecule has 1 atom stereocenters. The van der Waals surface area contributed by atoms with Crippen LogP contribution in [0.25, 0.3) is 11.5 Å². The maximum Gasteiger partial charge on any atom is 0.416 e. The predicted molar refractivity (Wildman–Crippen MR) is 400 cm³/mol. The molecule has 7 heterocycles. The lowest BCUT2D eigenvalue weighted by atomic mass is 9.85. The third kappa shape index (κ3) is 21.8. The summed E-state index contributed by atoms with van der Waals surface area (Å²) in [5.74, 6) is -2.56. The molecule has 110 heavy (non-hydrogen) atoms. The Kier molecular flexibility index (Phi) is 27.1. The van der Waals surface area contributed by atoms with Gasteiger partial charge in [-0.25, -0.2) is 18.6 Å². The number of benzene rings is 6. The van der Waals surface area contributed by atoms with Gasteiger partial charge in [-0.1, -0.05) is 103 Å². The number of nitrogens with zero attached hydrogens (tertiary/aromatic N) is 11. The molecule has 3 aromatic heterocycles. The van der Waals surface area contributed by atoms with E-state index in [1.165, 1.54) is 34.2 Å².